The Kier molecular flexibility index (Phi) is 4.06. The SMILES string of the molecule is O=C(c1cnccn1)N1CCC(Nc2ncnc3c2CCC3)CC1. The number of piperidine rings is 1. The van der Waals surface area contributed by atoms with E-state index in [2.05, 4.69) is 25.3 Å². The molecule has 0 bridgehead atoms. The molecule has 1 N–H and O–H groups in total. The summed E-state index contributed by atoms with van der Waals surface area (Å²) in [5, 5.41) is 3.56. The van der Waals surface area contributed by atoms with Gasteiger partial charge in [-0.1, -0.05) is 0 Å². The highest BCUT2D eigenvalue weighted by atomic mass is 16.2. The lowest BCUT2D eigenvalue weighted by Crippen LogP contribution is -2.42. The van der Waals surface area contributed by atoms with E-state index in [0.29, 0.717) is 11.7 Å². The van der Waals surface area contributed by atoms with Gasteiger partial charge in [-0.3, -0.25) is 9.78 Å². The van der Waals surface area contributed by atoms with Crippen molar-refractivity contribution in [3.05, 3.63) is 41.9 Å². The third-order valence-electron chi connectivity index (χ3n) is 4.78. The maximum atomic E-state index is 12.4. The van der Waals surface area contributed by atoms with Crippen LogP contribution in [0.3, 0.4) is 0 Å². The molecule has 0 aromatic carbocycles. The largest absolute Gasteiger partial charge is 0.367 e. The number of carbonyl (C=O) groups excluding carboxylic acids is 1. The lowest BCUT2D eigenvalue weighted by atomic mass is 10.0. The van der Waals surface area contributed by atoms with Crippen LogP contribution >= 0.6 is 0 Å². The monoisotopic (exact) mass is 324 g/mol. The zero-order chi connectivity index (χ0) is 16.4. The van der Waals surface area contributed by atoms with E-state index in [1.54, 1.807) is 18.7 Å². The van der Waals surface area contributed by atoms with E-state index in [4.69, 9.17) is 0 Å². The molecule has 1 aliphatic carbocycles. The number of fused-ring (bicyclic) bond motifs is 1. The Morgan fingerprint density at radius 3 is 2.79 bits per heavy atom. The molecule has 0 radical (unpaired) electrons. The molecule has 4 rings (SSSR count). The predicted octanol–water partition coefficient (Wildman–Crippen LogP) is 1.47. The van der Waals surface area contributed by atoms with Gasteiger partial charge < -0.3 is 10.2 Å². The summed E-state index contributed by atoms with van der Waals surface area (Å²) in [5.41, 5.74) is 2.87. The molecule has 1 saturated heterocycles. The summed E-state index contributed by atoms with van der Waals surface area (Å²) < 4.78 is 0. The predicted molar refractivity (Wildman–Crippen MR) is 88.6 cm³/mol. The molecule has 2 aromatic rings. The average Bonchev–Trinajstić information content (AvgIpc) is 3.12. The first-order valence-corrected chi connectivity index (χ1v) is 8.46. The lowest BCUT2D eigenvalue weighted by molar-refractivity contribution is 0.0712. The normalized spacial score (nSPS) is 17.6. The number of aromatic nitrogens is 4. The Morgan fingerprint density at radius 1 is 1.12 bits per heavy atom. The summed E-state index contributed by atoms with van der Waals surface area (Å²) in [6.45, 7) is 1.45. The zero-order valence-electron chi connectivity index (χ0n) is 13.5. The minimum atomic E-state index is -0.0375. The molecule has 0 unspecified atom stereocenters. The van der Waals surface area contributed by atoms with Crippen LogP contribution < -0.4 is 5.32 Å². The molecule has 124 valence electrons. The van der Waals surface area contributed by atoms with Crippen molar-refractivity contribution in [1.29, 1.82) is 0 Å². The number of nitrogens with one attached hydrogen (secondary N) is 1. The number of aryl methyl sites for hydroxylation is 1. The van der Waals surface area contributed by atoms with Crippen LogP contribution in [0.1, 0.15) is 41.0 Å². The average molecular weight is 324 g/mol. The zero-order valence-corrected chi connectivity index (χ0v) is 13.5. The fourth-order valence-corrected chi connectivity index (χ4v) is 3.48. The highest BCUT2D eigenvalue weighted by molar-refractivity contribution is 5.92. The first kappa shape index (κ1) is 15.0. The van der Waals surface area contributed by atoms with Gasteiger partial charge in [0.2, 0.25) is 0 Å². The Morgan fingerprint density at radius 2 is 2.00 bits per heavy atom. The summed E-state index contributed by atoms with van der Waals surface area (Å²) in [5.74, 6) is 0.945. The highest BCUT2D eigenvalue weighted by Gasteiger charge is 2.26. The molecule has 2 aliphatic rings. The summed E-state index contributed by atoms with van der Waals surface area (Å²) in [4.78, 5) is 31.1. The smallest absolute Gasteiger partial charge is 0.274 e. The summed E-state index contributed by atoms with van der Waals surface area (Å²) in [7, 11) is 0. The quantitative estimate of drug-likeness (QED) is 0.920. The number of nitrogens with zero attached hydrogens (tertiary/aromatic N) is 5. The van der Waals surface area contributed by atoms with Gasteiger partial charge in [0, 0.05) is 42.8 Å². The van der Waals surface area contributed by atoms with Crippen LogP contribution in [0.4, 0.5) is 5.82 Å². The minimum absolute atomic E-state index is 0.0375. The van der Waals surface area contributed by atoms with Crippen molar-refractivity contribution in [2.75, 3.05) is 18.4 Å². The van der Waals surface area contributed by atoms with Crippen molar-refractivity contribution >= 4 is 11.7 Å². The number of likely N-dealkylation sites (tertiary alicyclic amines) is 1. The van der Waals surface area contributed by atoms with Crippen molar-refractivity contribution < 1.29 is 4.79 Å². The lowest BCUT2D eigenvalue weighted by Gasteiger charge is -2.32. The number of carbonyl (C=O) groups is 1. The molecular formula is C17H20N6O. The Hall–Kier alpha value is -2.57. The molecule has 24 heavy (non-hydrogen) atoms. The van der Waals surface area contributed by atoms with Gasteiger partial charge in [-0.2, -0.15) is 0 Å². The van der Waals surface area contributed by atoms with Gasteiger partial charge in [-0.15, -0.1) is 0 Å². The van der Waals surface area contributed by atoms with Gasteiger partial charge in [-0.05, 0) is 32.1 Å². The molecular weight excluding hydrogens is 304 g/mol. The Bertz CT molecular complexity index is 727. The Labute approximate surface area is 140 Å². The molecule has 2 aromatic heterocycles. The number of hydrogen-bond donors (Lipinski definition) is 1. The van der Waals surface area contributed by atoms with Gasteiger partial charge in [0.05, 0.1) is 6.20 Å². The van der Waals surface area contributed by atoms with Crippen LogP contribution in [0.2, 0.25) is 0 Å². The third-order valence-corrected chi connectivity index (χ3v) is 4.78. The van der Waals surface area contributed by atoms with Crippen molar-refractivity contribution in [3.63, 3.8) is 0 Å². The van der Waals surface area contributed by atoms with E-state index in [0.717, 1.165) is 51.0 Å². The summed E-state index contributed by atoms with van der Waals surface area (Å²) >= 11 is 0. The number of anilines is 1. The highest BCUT2D eigenvalue weighted by Crippen LogP contribution is 2.27. The van der Waals surface area contributed by atoms with Gasteiger partial charge >= 0.3 is 0 Å². The molecule has 7 heteroatoms. The summed E-state index contributed by atoms with van der Waals surface area (Å²) in [6.07, 6.45) is 11.4. The van der Waals surface area contributed by atoms with Gasteiger partial charge in [0.25, 0.3) is 5.91 Å². The van der Waals surface area contributed by atoms with Crippen LogP contribution in [0, 0.1) is 0 Å². The molecule has 0 saturated carbocycles. The number of rotatable bonds is 3. The minimum Gasteiger partial charge on any atom is -0.367 e. The van der Waals surface area contributed by atoms with E-state index in [1.807, 2.05) is 4.90 Å². The second-order valence-corrected chi connectivity index (χ2v) is 6.30. The van der Waals surface area contributed by atoms with Crippen LogP contribution in [0.15, 0.2) is 24.9 Å². The summed E-state index contributed by atoms with van der Waals surface area (Å²) in [6, 6.07) is 0.343. The van der Waals surface area contributed by atoms with Gasteiger partial charge in [0.15, 0.2) is 0 Å². The fraction of sp³-hybridized carbons (Fsp3) is 0.471. The molecule has 0 atom stereocenters. The Balaban J connectivity index is 1.37. The molecule has 0 spiro atoms. The third kappa shape index (κ3) is 2.93. The van der Waals surface area contributed by atoms with Crippen LogP contribution in [0.25, 0.3) is 0 Å². The first-order valence-electron chi connectivity index (χ1n) is 8.46. The molecule has 1 aliphatic heterocycles. The maximum Gasteiger partial charge on any atom is 0.274 e. The van der Waals surface area contributed by atoms with Crippen molar-refractivity contribution in [3.8, 4) is 0 Å². The van der Waals surface area contributed by atoms with Gasteiger partial charge in [0.1, 0.15) is 17.8 Å². The van der Waals surface area contributed by atoms with E-state index >= 15 is 0 Å². The molecule has 7 nitrogen and oxygen atoms in total. The second kappa shape index (κ2) is 6.51. The van der Waals surface area contributed by atoms with Crippen LogP contribution in [-0.2, 0) is 12.8 Å². The second-order valence-electron chi connectivity index (χ2n) is 6.30. The maximum absolute atomic E-state index is 12.4. The van der Waals surface area contributed by atoms with E-state index in [1.165, 1.54) is 17.5 Å². The van der Waals surface area contributed by atoms with Gasteiger partial charge in [-0.25, -0.2) is 15.0 Å². The number of hydrogen-bond acceptors (Lipinski definition) is 6. The van der Waals surface area contributed by atoms with E-state index < -0.39 is 0 Å². The van der Waals surface area contributed by atoms with Crippen LogP contribution in [0.5, 0.6) is 0 Å². The molecule has 1 fully saturated rings. The topological polar surface area (TPSA) is 83.9 Å². The van der Waals surface area contributed by atoms with Crippen molar-refractivity contribution in [1.82, 2.24) is 24.8 Å². The standard InChI is InChI=1S/C17H20N6O/c24-17(15-10-18-6-7-19-15)23-8-4-12(5-9-23)22-16-13-2-1-3-14(13)20-11-21-16/h6-7,10-12H,1-5,8-9H2,(H,20,21,22). The van der Waals surface area contributed by atoms with E-state index in [9.17, 15) is 4.79 Å². The van der Waals surface area contributed by atoms with Crippen molar-refractivity contribution in [2.45, 2.75) is 38.1 Å². The van der Waals surface area contributed by atoms with E-state index in [-0.39, 0.29) is 5.91 Å². The van der Waals surface area contributed by atoms with Crippen molar-refractivity contribution in [2.24, 2.45) is 0 Å². The van der Waals surface area contributed by atoms with Crippen LogP contribution in [-0.4, -0.2) is 49.9 Å². The fourth-order valence-electron chi connectivity index (χ4n) is 3.48. The molecule has 1 amide bonds. The number of amides is 1. The first-order chi connectivity index (χ1) is 11.8. The molecule has 3 heterocycles.